The van der Waals surface area contributed by atoms with Gasteiger partial charge in [0.15, 0.2) is 0 Å². The van der Waals surface area contributed by atoms with Gasteiger partial charge in [-0.1, -0.05) is 0 Å². The summed E-state index contributed by atoms with van der Waals surface area (Å²) in [5.41, 5.74) is 0.138. The maximum absolute atomic E-state index is 13.1. The molecule has 2 rings (SSSR count). The molecule has 0 aromatic heterocycles. The van der Waals surface area contributed by atoms with Crippen molar-refractivity contribution in [3.63, 3.8) is 0 Å². The lowest BCUT2D eigenvalue weighted by atomic mass is 9.95. The molecule has 0 unspecified atom stereocenters. The molecule has 1 heterocycles. The van der Waals surface area contributed by atoms with Crippen molar-refractivity contribution >= 4 is 11.8 Å². The summed E-state index contributed by atoms with van der Waals surface area (Å²) in [5, 5.41) is 0. The van der Waals surface area contributed by atoms with Crippen molar-refractivity contribution in [1.82, 2.24) is 9.80 Å². The molecule has 108 valence electrons. The average molecular weight is 278 g/mol. The van der Waals surface area contributed by atoms with E-state index in [1.54, 1.807) is 37.6 Å². The minimum atomic E-state index is -0.884. The highest BCUT2D eigenvalue weighted by molar-refractivity contribution is 6.00. The molecule has 2 amide bonds. The Labute approximate surface area is 118 Å². The monoisotopic (exact) mass is 278 g/mol. The molecule has 1 aliphatic heterocycles. The Morgan fingerprint density at radius 1 is 1.30 bits per heavy atom. The lowest BCUT2D eigenvalue weighted by Crippen LogP contribution is -2.63. The molecular formula is C15H19FN2O2. The highest BCUT2D eigenvalue weighted by atomic mass is 19.1. The first kappa shape index (κ1) is 14.5. The summed E-state index contributed by atoms with van der Waals surface area (Å²) in [6, 6.07) is 4.08. The average Bonchev–Trinajstić information content (AvgIpc) is 2.35. The summed E-state index contributed by atoms with van der Waals surface area (Å²) >= 11 is 0. The van der Waals surface area contributed by atoms with E-state index in [1.807, 2.05) is 0 Å². The molecule has 0 N–H and O–H groups in total. The quantitative estimate of drug-likeness (QED) is 0.786. The van der Waals surface area contributed by atoms with E-state index in [1.165, 1.54) is 18.2 Å². The Balaban J connectivity index is 2.35. The number of rotatable bonds is 1. The van der Waals surface area contributed by atoms with E-state index in [2.05, 4.69) is 0 Å². The van der Waals surface area contributed by atoms with E-state index in [-0.39, 0.29) is 17.6 Å². The fourth-order valence-corrected chi connectivity index (χ4v) is 2.58. The van der Waals surface area contributed by atoms with Gasteiger partial charge in [-0.2, -0.15) is 0 Å². The van der Waals surface area contributed by atoms with E-state index in [0.717, 1.165) is 0 Å². The van der Waals surface area contributed by atoms with Crippen LogP contribution in [-0.2, 0) is 4.79 Å². The van der Waals surface area contributed by atoms with Crippen molar-refractivity contribution in [2.24, 2.45) is 0 Å². The van der Waals surface area contributed by atoms with Gasteiger partial charge in [0, 0.05) is 25.7 Å². The van der Waals surface area contributed by atoms with Gasteiger partial charge in [-0.3, -0.25) is 9.59 Å². The molecule has 1 fully saturated rings. The summed E-state index contributed by atoms with van der Waals surface area (Å²) in [6.45, 7) is 6.16. The third-order valence-electron chi connectivity index (χ3n) is 3.87. The van der Waals surface area contributed by atoms with Crippen LogP contribution in [0.25, 0.3) is 0 Å². The Kier molecular flexibility index (Phi) is 3.54. The van der Waals surface area contributed by atoms with Crippen LogP contribution in [0.15, 0.2) is 18.2 Å². The second-order valence-corrected chi connectivity index (χ2v) is 5.70. The van der Waals surface area contributed by atoms with E-state index in [9.17, 15) is 14.0 Å². The van der Waals surface area contributed by atoms with Crippen LogP contribution in [0, 0.1) is 12.7 Å². The third kappa shape index (κ3) is 2.28. The van der Waals surface area contributed by atoms with Crippen LogP contribution in [0.5, 0.6) is 0 Å². The molecule has 4 nitrogen and oxygen atoms in total. The van der Waals surface area contributed by atoms with Crippen LogP contribution < -0.4 is 0 Å². The van der Waals surface area contributed by atoms with Gasteiger partial charge in [-0.15, -0.1) is 0 Å². The number of aryl methyl sites for hydroxylation is 1. The maximum atomic E-state index is 13.1. The van der Waals surface area contributed by atoms with Crippen molar-refractivity contribution < 1.29 is 14.0 Å². The molecule has 0 atom stereocenters. The highest BCUT2D eigenvalue weighted by Crippen LogP contribution is 2.25. The summed E-state index contributed by atoms with van der Waals surface area (Å²) < 4.78 is 13.1. The number of benzene rings is 1. The first-order valence-electron chi connectivity index (χ1n) is 6.59. The van der Waals surface area contributed by atoms with Crippen LogP contribution in [0.1, 0.15) is 29.8 Å². The molecule has 0 spiro atoms. The number of hydrogen-bond acceptors (Lipinski definition) is 2. The van der Waals surface area contributed by atoms with Gasteiger partial charge >= 0.3 is 0 Å². The van der Waals surface area contributed by atoms with Crippen LogP contribution >= 0.6 is 0 Å². The SMILES string of the molecule is Cc1cc(F)ccc1C(=O)N1CCN(C)C(=O)C1(C)C. The number of carbonyl (C=O) groups excluding carboxylic acids is 2. The zero-order chi connectivity index (χ0) is 15.1. The van der Waals surface area contributed by atoms with Gasteiger partial charge in [0.2, 0.25) is 5.91 Å². The van der Waals surface area contributed by atoms with Crippen molar-refractivity contribution in [2.45, 2.75) is 26.3 Å². The Morgan fingerprint density at radius 3 is 2.55 bits per heavy atom. The van der Waals surface area contributed by atoms with Crippen molar-refractivity contribution in [2.75, 3.05) is 20.1 Å². The molecule has 20 heavy (non-hydrogen) atoms. The van der Waals surface area contributed by atoms with E-state index < -0.39 is 5.54 Å². The van der Waals surface area contributed by atoms with Gasteiger partial charge in [0.25, 0.3) is 5.91 Å². The number of hydrogen-bond donors (Lipinski definition) is 0. The largest absolute Gasteiger partial charge is 0.342 e. The van der Waals surface area contributed by atoms with Crippen LogP contribution in [-0.4, -0.2) is 47.3 Å². The summed E-state index contributed by atoms with van der Waals surface area (Å²) in [5.74, 6) is -0.682. The van der Waals surface area contributed by atoms with Gasteiger partial charge in [-0.05, 0) is 44.5 Å². The zero-order valence-corrected chi connectivity index (χ0v) is 12.2. The zero-order valence-electron chi connectivity index (χ0n) is 12.2. The van der Waals surface area contributed by atoms with E-state index in [0.29, 0.717) is 24.2 Å². The predicted octanol–water partition coefficient (Wildman–Crippen LogP) is 1.83. The van der Waals surface area contributed by atoms with E-state index >= 15 is 0 Å². The molecule has 1 aromatic rings. The normalized spacial score (nSPS) is 18.4. The van der Waals surface area contributed by atoms with Gasteiger partial charge < -0.3 is 9.80 Å². The summed E-state index contributed by atoms with van der Waals surface area (Å²) in [4.78, 5) is 28.0. The lowest BCUT2D eigenvalue weighted by molar-refractivity contribution is -0.144. The van der Waals surface area contributed by atoms with Gasteiger partial charge in [0.1, 0.15) is 11.4 Å². The van der Waals surface area contributed by atoms with Crippen molar-refractivity contribution in [1.29, 1.82) is 0 Å². The van der Waals surface area contributed by atoms with Crippen LogP contribution in [0.3, 0.4) is 0 Å². The third-order valence-corrected chi connectivity index (χ3v) is 3.87. The molecule has 0 radical (unpaired) electrons. The Morgan fingerprint density at radius 2 is 1.95 bits per heavy atom. The molecule has 0 aliphatic carbocycles. The molecule has 0 saturated carbocycles. The number of halogens is 1. The number of amides is 2. The summed E-state index contributed by atoms with van der Waals surface area (Å²) in [6.07, 6.45) is 0. The molecule has 1 aromatic carbocycles. The predicted molar refractivity (Wildman–Crippen MR) is 73.9 cm³/mol. The minimum Gasteiger partial charge on any atom is -0.342 e. The standard InChI is InChI=1S/C15H19FN2O2/c1-10-9-11(16)5-6-12(10)13(19)18-8-7-17(4)14(20)15(18,2)3/h5-6,9H,7-8H2,1-4H3. The minimum absolute atomic E-state index is 0.0862. The second kappa shape index (κ2) is 4.89. The van der Waals surface area contributed by atoms with Crippen LogP contribution in [0.2, 0.25) is 0 Å². The summed E-state index contributed by atoms with van der Waals surface area (Å²) in [7, 11) is 1.73. The molecule has 5 heteroatoms. The number of nitrogens with zero attached hydrogens (tertiary/aromatic N) is 2. The first-order chi connectivity index (χ1) is 9.25. The van der Waals surface area contributed by atoms with Gasteiger partial charge in [0.05, 0.1) is 0 Å². The Hall–Kier alpha value is -1.91. The molecule has 1 saturated heterocycles. The highest BCUT2D eigenvalue weighted by Gasteiger charge is 2.43. The molecule has 0 bridgehead atoms. The van der Waals surface area contributed by atoms with Gasteiger partial charge in [-0.25, -0.2) is 4.39 Å². The second-order valence-electron chi connectivity index (χ2n) is 5.70. The lowest BCUT2D eigenvalue weighted by Gasteiger charge is -2.44. The fourth-order valence-electron chi connectivity index (χ4n) is 2.58. The topological polar surface area (TPSA) is 40.6 Å². The van der Waals surface area contributed by atoms with Crippen LogP contribution in [0.4, 0.5) is 4.39 Å². The van der Waals surface area contributed by atoms with Crippen molar-refractivity contribution in [3.05, 3.63) is 35.1 Å². The Bertz CT molecular complexity index is 569. The number of likely N-dealkylation sites (N-methyl/N-ethyl adjacent to an activating group) is 1. The van der Waals surface area contributed by atoms with Crippen molar-refractivity contribution in [3.8, 4) is 0 Å². The number of carbonyl (C=O) groups is 2. The fraction of sp³-hybridized carbons (Fsp3) is 0.467. The first-order valence-corrected chi connectivity index (χ1v) is 6.59. The smallest absolute Gasteiger partial charge is 0.255 e. The maximum Gasteiger partial charge on any atom is 0.255 e. The number of piperazine rings is 1. The molecule has 1 aliphatic rings. The van der Waals surface area contributed by atoms with E-state index in [4.69, 9.17) is 0 Å². The molecular weight excluding hydrogens is 259 g/mol.